The minimum Gasteiger partial charge on any atom is -0.442 e. The van der Waals surface area contributed by atoms with Crippen LogP contribution in [0.1, 0.15) is 61.5 Å². The van der Waals surface area contributed by atoms with Crippen molar-refractivity contribution in [1.29, 1.82) is 5.41 Å². The molecule has 4 aliphatic rings. The van der Waals surface area contributed by atoms with E-state index < -0.39 is 41.9 Å². The molecule has 0 spiro atoms. The molecule has 0 aromatic heterocycles. The van der Waals surface area contributed by atoms with Gasteiger partial charge >= 0.3 is 6.09 Å². The van der Waals surface area contributed by atoms with E-state index in [2.05, 4.69) is 5.32 Å². The number of benzene rings is 1. The molecule has 1 aromatic carbocycles. The molecule has 1 aromatic rings. The molecule has 4 saturated carbocycles. The fraction of sp³-hybridized carbons (Fsp3) is 0.625. The number of rotatable bonds is 7. The SMILES string of the molecule is [2H]C12CC3CC(C1)CC(OC(=O)N(C(=N)N)[C@@H](Cc1ccccc1)C(=O)NCCC)(C3)C2([2H])[2H]. The van der Waals surface area contributed by atoms with Crippen LogP contribution in [0.4, 0.5) is 4.79 Å². The predicted molar refractivity (Wildman–Crippen MR) is 118 cm³/mol. The molecule has 4 fully saturated rings. The Morgan fingerprint density at radius 2 is 2.00 bits per heavy atom. The number of guanidine groups is 1. The lowest BCUT2D eigenvalue weighted by Crippen LogP contribution is -2.59. The van der Waals surface area contributed by atoms with Crippen molar-refractivity contribution >= 4 is 18.0 Å². The van der Waals surface area contributed by atoms with Gasteiger partial charge in [0.25, 0.3) is 0 Å². The van der Waals surface area contributed by atoms with Crippen LogP contribution in [-0.2, 0) is 16.0 Å². The highest BCUT2D eigenvalue weighted by molar-refractivity contribution is 5.97. The van der Waals surface area contributed by atoms with Crippen LogP contribution in [-0.4, -0.2) is 41.0 Å². The van der Waals surface area contributed by atoms with Gasteiger partial charge in [0.15, 0.2) is 5.96 Å². The van der Waals surface area contributed by atoms with Gasteiger partial charge in [-0.05, 0) is 68.2 Å². The van der Waals surface area contributed by atoms with Crippen molar-refractivity contribution in [3.63, 3.8) is 0 Å². The molecule has 0 saturated heterocycles. The van der Waals surface area contributed by atoms with E-state index in [9.17, 15) is 9.59 Å². The average Bonchev–Trinajstić information content (AvgIpc) is 2.75. The monoisotopic (exact) mass is 429 g/mol. The van der Waals surface area contributed by atoms with Crippen LogP contribution in [0.2, 0.25) is 0 Å². The number of hydrogen-bond acceptors (Lipinski definition) is 4. The smallest absolute Gasteiger partial charge is 0.417 e. The molecule has 0 aliphatic heterocycles. The number of nitrogens with one attached hydrogen (secondary N) is 2. The van der Waals surface area contributed by atoms with Crippen LogP contribution in [0, 0.1) is 23.1 Å². The zero-order valence-electron chi connectivity index (χ0n) is 21.0. The van der Waals surface area contributed by atoms with Crippen molar-refractivity contribution in [2.24, 2.45) is 23.5 Å². The van der Waals surface area contributed by atoms with Gasteiger partial charge in [0.05, 0.1) is 0 Å². The number of carbonyl (C=O) groups is 2. The first-order valence-corrected chi connectivity index (χ1v) is 11.2. The van der Waals surface area contributed by atoms with Gasteiger partial charge < -0.3 is 15.8 Å². The Balaban J connectivity index is 1.64. The standard InChI is InChI=1S/C24H34N4O3/c1-2-8-27-21(29)20(12-16-6-4-3-5-7-16)28(22(25)26)23(30)31-24-13-17-9-18(14-24)11-19(10-17)15-24/h3-7,17-20H,2,8-15H2,1H3,(H3,25,26)(H,27,29)/t17?,18?,19?,20-,24?/m0/s1/i13D2,17D. The van der Waals surface area contributed by atoms with Gasteiger partial charge in [-0.2, -0.15) is 0 Å². The Labute approximate surface area is 188 Å². The third-order valence-corrected chi connectivity index (χ3v) is 6.55. The Morgan fingerprint density at radius 3 is 2.61 bits per heavy atom. The molecule has 2 amide bonds. The summed E-state index contributed by atoms with van der Waals surface area (Å²) in [7, 11) is 0. The first-order valence-electron chi connectivity index (χ1n) is 12.7. The van der Waals surface area contributed by atoms with Crippen LogP contribution in [0.15, 0.2) is 30.3 Å². The minimum absolute atomic E-state index is 0.124. The highest BCUT2D eigenvalue weighted by Crippen LogP contribution is 2.57. The summed E-state index contributed by atoms with van der Waals surface area (Å²) < 4.78 is 32.4. The van der Waals surface area contributed by atoms with E-state index in [1.165, 1.54) is 0 Å². The third kappa shape index (κ3) is 4.70. The highest BCUT2D eigenvalue weighted by Gasteiger charge is 2.54. The van der Waals surface area contributed by atoms with Crippen molar-refractivity contribution in [3.05, 3.63) is 35.9 Å². The Kier molecular flexibility index (Phi) is 5.17. The molecule has 4 aliphatic carbocycles. The molecule has 0 radical (unpaired) electrons. The molecular weight excluding hydrogens is 392 g/mol. The Bertz CT molecular complexity index is 944. The fourth-order valence-corrected chi connectivity index (χ4v) is 5.49. The number of nitrogens with two attached hydrogens (primary N) is 1. The molecule has 5 rings (SSSR count). The fourth-order valence-electron chi connectivity index (χ4n) is 5.49. The summed E-state index contributed by atoms with van der Waals surface area (Å²) in [6.07, 6.45) is 0.317. The molecule has 7 heteroatoms. The van der Waals surface area contributed by atoms with Gasteiger partial charge in [0.2, 0.25) is 5.91 Å². The summed E-state index contributed by atoms with van der Waals surface area (Å²) in [5.41, 5.74) is 5.14. The first-order chi connectivity index (χ1) is 16.0. The topological polar surface area (TPSA) is 109 Å². The molecule has 2 unspecified atom stereocenters. The van der Waals surface area contributed by atoms with Crippen LogP contribution in [0.3, 0.4) is 0 Å². The van der Waals surface area contributed by atoms with Gasteiger partial charge in [0, 0.05) is 17.1 Å². The van der Waals surface area contributed by atoms with E-state index in [0.29, 0.717) is 38.6 Å². The summed E-state index contributed by atoms with van der Waals surface area (Å²) in [6.45, 7) is 2.32. The quantitative estimate of drug-likeness (QED) is 0.456. The Hall–Kier alpha value is -2.57. The van der Waals surface area contributed by atoms with E-state index in [4.69, 9.17) is 20.0 Å². The van der Waals surface area contributed by atoms with Gasteiger partial charge in [0.1, 0.15) is 11.6 Å². The van der Waals surface area contributed by atoms with Crippen LogP contribution in [0.25, 0.3) is 0 Å². The molecule has 4 N–H and O–H groups in total. The first kappa shape index (κ1) is 18.0. The minimum atomic E-state index is -2.04. The summed E-state index contributed by atoms with van der Waals surface area (Å²) >= 11 is 0. The van der Waals surface area contributed by atoms with E-state index in [1.807, 2.05) is 37.3 Å². The maximum atomic E-state index is 13.5. The lowest BCUT2D eigenvalue weighted by atomic mass is 9.54. The van der Waals surface area contributed by atoms with Gasteiger partial charge in [-0.15, -0.1) is 0 Å². The van der Waals surface area contributed by atoms with Gasteiger partial charge in [-0.1, -0.05) is 37.3 Å². The number of amides is 2. The molecular formula is C24H34N4O3. The second-order valence-electron chi connectivity index (χ2n) is 9.13. The maximum absolute atomic E-state index is 13.5. The molecule has 3 atom stereocenters. The second-order valence-corrected chi connectivity index (χ2v) is 9.13. The molecule has 0 heterocycles. The second kappa shape index (κ2) is 8.89. The van der Waals surface area contributed by atoms with Crippen molar-refractivity contribution in [1.82, 2.24) is 10.2 Å². The number of ether oxygens (including phenoxy) is 1. The van der Waals surface area contributed by atoms with E-state index in [1.54, 1.807) is 0 Å². The molecule has 31 heavy (non-hydrogen) atoms. The average molecular weight is 430 g/mol. The van der Waals surface area contributed by atoms with E-state index in [-0.39, 0.29) is 18.3 Å². The lowest BCUT2D eigenvalue weighted by molar-refractivity contribution is -0.136. The predicted octanol–water partition coefficient (Wildman–Crippen LogP) is 3.42. The largest absolute Gasteiger partial charge is 0.442 e. The lowest BCUT2D eigenvalue weighted by Gasteiger charge is -2.55. The number of carbonyl (C=O) groups excluding carboxylic acids is 2. The number of nitrogens with zero attached hydrogens (tertiary/aromatic N) is 1. The normalized spacial score (nSPS) is 34.7. The molecule has 7 nitrogen and oxygen atoms in total. The van der Waals surface area contributed by atoms with Gasteiger partial charge in [-0.3, -0.25) is 10.2 Å². The van der Waals surface area contributed by atoms with Crippen LogP contribution in [0.5, 0.6) is 0 Å². The maximum Gasteiger partial charge on any atom is 0.417 e. The third-order valence-electron chi connectivity index (χ3n) is 6.55. The van der Waals surface area contributed by atoms with E-state index >= 15 is 0 Å². The summed E-state index contributed by atoms with van der Waals surface area (Å²) in [5.74, 6) is -2.15. The van der Waals surface area contributed by atoms with Crippen molar-refractivity contribution in [2.75, 3.05) is 6.54 Å². The summed E-state index contributed by atoms with van der Waals surface area (Å²) in [5, 5.41) is 10.9. The van der Waals surface area contributed by atoms with Crippen LogP contribution < -0.4 is 11.1 Å². The number of hydrogen-bond donors (Lipinski definition) is 3. The molecule has 4 bridgehead atoms. The van der Waals surface area contributed by atoms with Gasteiger partial charge in [-0.25, -0.2) is 9.69 Å². The van der Waals surface area contributed by atoms with Crippen LogP contribution >= 0.6 is 0 Å². The van der Waals surface area contributed by atoms with Crippen molar-refractivity contribution in [3.8, 4) is 0 Å². The highest BCUT2D eigenvalue weighted by atomic mass is 16.6. The summed E-state index contributed by atoms with van der Waals surface area (Å²) in [4.78, 5) is 27.5. The van der Waals surface area contributed by atoms with Crippen molar-refractivity contribution < 1.29 is 18.4 Å². The summed E-state index contributed by atoms with van der Waals surface area (Å²) in [6, 6.07) is 8.02. The van der Waals surface area contributed by atoms with Crippen molar-refractivity contribution in [2.45, 2.75) is 69.9 Å². The zero-order chi connectivity index (χ0) is 24.7. The van der Waals surface area contributed by atoms with E-state index in [0.717, 1.165) is 16.9 Å². The zero-order valence-corrected chi connectivity index (χ0v) is 18.0. The molecule has 168 valence electrons. The Morgan fingerprint density at radius 1 is 1.32 bits per heavy atom.